The molecule has 0 bridgehead atoms. The molecule has 2 heterocycles. The van der Waals surface area contributed by atoms with E-state index in [0.29, 0.717) is 6.54 Å². The van der Waals surface area contributed by atoms with Crippen molar-refractivity contribution in [2.24, 2.45) is 7.05 Å². The molecule has 3 rings (SSSR count). The molecular formula is C21H32N4O3S. The molecule has 160 valence electrons. The van der Waals surface area contributed by atoms with E-state index in [1.54, 1.807) is 19.2 Å². The first-order chi connectivity index (χ1) is 13.7. The number of hydrogen-bond donors (Lipinski definition) is 1. The van der Waals surface area contributed by atoms with Gasteiger partial charge in [0.05, 0.1) is 18.0 Å². The van der Waals surface area contributed by atoms with Gasteiger partial charge >= 0.3 is 0 Å². The summed E-state index contributed by atoms with van der Waals surface area (Å²) in [6.07, 6.45) is 2.00. The van der Waals surface area contributed by atoms with Gasteiger partial charge in [0, 0.05) is 51.7 Å². The maximum absolute atomic E-state index is 13.0. The van der Waals surface area contributed by atoms with Gasteiger partial charge in [0.15, 0.2) is 0 Å². The summed E-state index contributed by atoms with van der Waals surface area (Å²) in [5, 5.41) is 0. The van der Waals surface area contributed by atoms with Crippen LogP contribution in [0.1, 0.15) is 22.9 Å². The van der Waals surface area contributed by atoms with E-state index in [2.05, 4.69) is 32.2 Å². The highest BCUT2D eigenvalue weighted by Gasteiger charge is 2.27. The zero-order valence-corrected chi connectivity index (χ0v) is 18.8. The number of likely N-dealkylation sites (N-methyl/N-ethyl adjacent to an activating group) is 1. The number of rotatable bonds is 7. The van der Waals surface area contributed by atoms with Crippen LogP contribution in [0.4, 0.5) is 0 Å². The van der Waals surface area contributed by atoms with Gasteiger partial charge in [-0.2, -0.15) is 0 Å². The first kappa shape index (κ1) is 21.8. The SMILES string of the molecule is COc1c(C)cc(S(=O)(=O)NC[C@@H](c2cccn2C)N2CCN(C)CC2)cc1C. The lowest BCUT2D eigenvalue weighted by atomic mass is 10.1. The number of aromatic nitrogens is 1. The first-order valence-corrected chi connectivity index (χ1v) is 11.4. The Kier molecular flexibility index (Phi) is 6.68. The standard InChI is InChI=1S/C21H32N4O3S/c1-16-13-18(14-17(2)21(16)28-5)29(26,27)22-15-20(19-7-6-8-24(19)4)25-11-9-23(3)10-12-25/h6-8,13-14,20,22H,9-12,15H2,1-5H3/t20-/m0/s1. The minimum atomic E-state index is -3.63. The van der Waals surface area contributed by atoms with Gasteiger partial charge in [0.2, 0.25) is 10.0 Å². The normalized spacial score (nSPS) is 17.4. The summed E-state index contributed by atoms with van der Waals surface area (Å²) in [6.45, 7) is 7.83. The molecule has 1 fully saturated rings. The molecule has 1 saturated heterocycles. The van der Waals surface area contributed by atoms with Crippen LogP contribution < -0.4 is 9.46 Å². The number of nitrogens with zero attached hydrogens (tertiary/aromatic N) is 3. The number of ether oxygens (including phenoxy) is 1. The first-order valence-electron chi connectivity index (χ1n) is 9.91. The van der Waals surface area contributed by atoms with Gasteiger partial charge in [0.1, 0.15) is 5.75 Å². The third-order valence-corrected chi connectivity index (χ3v) is 7.12. The smallest absolute Gasteiger partial charge is 0.240 e. The monoisotopic (exact) mass is 420 g/mol. The molecule has 0 saturated carbocycles. The maximum atomic E-state index is 13.0. The van der Waals surface area contributed by atoms with Crippen molar-refractivity contribution >= 4 is 10.0 Å². The Labute approximate surface area is 174 Å². The zero-order chi connectivity index (χ0) is 21.2. The summed E-state index contributed by atoms with van der Waals surface area (Å²) in [5.41, 5.74) is 2.73. The Morgan fingerprint density at radius 2 is 1.72 bits per heavy atom. The molecule has 0 spiro atoms. The predicted octanol–water partition coefficient (Wildman–Crippen LogP) is 1.92. The van der Waals surface area contributed by atoms with E-state index in [4.69, 9.17) is 4.74 Å². The van der Waals surface area contributed by atoms with Crippen LogP contribution in [0.25, 0.3) is 0 Å². The number of aryl methyl sites for hydroxylation is 3. The molecule has 1 aliphatic heterocycles. The summed E-state index contributed by atoms with van der Waals surface area (Å²) in [7, 11) is 2.09. The van der Waals surface area contributed by atoms with Gasteiger partial charge in [-0.15, -0.1) is 0 Å². The molecule has 1 N–H and O–H groups in total. The van der Waals surface area contributed by atoms with Gasteiger partial charge in [-0.3, -0.25) is 4.90 Å². The molecule has 0 radical (unpaired) electrons. The maximum Gasteiger partial charge on any atom is 0.240 e. The molecule has 0 aliphatic carbocycles. The number of methoxy groups -OCH3 is 1. The molecule has 1 aromatic heterocycles. The van der Waals surface area contributed by atoms with Gasteiger partial charge in [-0.25, -0.2) is 13.1 Å². The molecule has 7 nitrogen and oxygen atoms in total. The second kappa shape index (κ2) is 8.87. The van der Waals surface area contributed by atoms with Gasteiger partial charge in [-0.1, -0.05) is 0 Å². The van der Waals surface area contributed by atoms with E-state index in [1.807, 2.05) is 33.2 Å². The highest BCUT2D eigenvalue weighted by molar-refractivity contribution is 7.89. The van der Waals surface area contributed by atoms with E-state index in [9.17, 15) is 8.42 Å². The number of hydrogen-bond acceptors (Lipinski definition) is 5. The lowest BCUT2D eigenvalue weighted by molar-refractivity contribution is 0.109. The highest BCUT2D eigenvalue weighted by atomic mass is 32.2. The molecule has 0 unspecified atom stereocenters. The minimum Gasteiger partial charge on any atom is -0.496 e. The van der Waals surface area contributed by atoms with Gasteiger partial charge < -0.3 is 14.2 Å². The minimum absolute atomic E-state index is 0.0149. The van der Waals surface area contributed by atoms with E-state index in [-0.39, 0.29) is 10.9 Å². The van der Waals surface area contributed by atoms with Crippen LogP contribution in [0.3, 0.4) is 0 Å². The molecule has 1 aliphatic rings. The van der Waals surface area contributed by atoms with Gasteiger partial charge in [-0.05, 0) is 56.3 Å². The van der Waals surface area contributed by atoms with Crippen LogP contribution in [-0.2, 0) is 17.1 Å². The molecule has 0 amide bonds. The van der Waals surface area contributed by atoms with Crippen molar-refractivity contribution in [2.75, 3.05) is 46.9 Å². The highest BCUT2D eigenvalue weighted by Crippen LogP contribution is 2.27. The summed E-state index contributed by atoms with van der Waals surface area (Å²) in [4.78, 5) is 4.94. The van der Waals surface area contributed by atoms with Crippen molar-refractivity contribution in [3.63, 3.8) is 0 Å². The fourth-order valence-electron chi connectivity index (χ4n) is 4.03. The van der Waals surface area contributed by atoms with Crippen LogP contribution in [0.2, 0.25) is 0 Å². The fourth-order valence-corrected chi connectivity index (χ4v) is 5.24. The Bertz CT molecular complexity index is 924. The predicted molar refractivity (Wildman–Crippen MR) is 115 cm³/mol. The Morgan fingerprint density at radius 1 is 1.10 bits per heavy atom. The van der Waals surface area contributed by atoms with E-state index in [1.165, 1.54) is 0 Å². The molecule has 29 heavy (non-hydrogen) atoms. The number of benzene rings is 1. The third kappa shape index (κ3) is 4.83. The van der Waals surface area contributed by atoms with Crippen LogP contribution >= 0.6 is 0 Å². The molecule has 8 heteroatoms. The quantitative estimate of drug-likeness (QED) is 0.741. The molecule has 1 atom stereocenters. The molecule has 2 aromatic rings. The summed E-state index contributed by atoms with van der Waals surface area (Å²) < 4.78 is 36.4. The molecule has 1 aromatic carbocycles. The van der Waals surface area contributed by atoms with E-state index < -0.39 is 10.0 Å². The Hall–Kier alpha value is -1.87. The largest absolute Gasteiger partial charge is 0.496 e. The summed E-state index contributed by atoms with van der Waals surface area (Å²) in [6, 6.07) is 7.39. The van der Waals surface area contributed by atoms with Crippen molar-refractivity contribution in [3.05, 3.63) is 47.3 Å². The Balaban J connectivity index is 1.82. The summed E-state index contributed by atoms with van der Waals surface area (Å²) in [5.74, 6) is 0.725. The zero-order valence-electron chi connectivity index (χ0n) is 18.0. The Morgan fingerprint density at radius 3 is 2.24 bits per heavy atom. The van der Waals surface area contributed by atoms with Crippen LogP contribution in [0.5, 0.6) is 5.75 Å². The van der Waals surface area contributed by atoms with Crippen LogP contribution in [0, 0.1) is 13.8 Å². The van der Waals surface area contributed by atoms with E-state index >= 15 is 0 Å². The van der Waals surface area contributed by atoms with Crippen LogP contribution in [0.15, 0.2) is 35.4 Å². The average Bonchev–Trinajstić information content (AvgIpc) is 3.09. The van der Waals surface area contributed by atoms with Crippen molar-refractivity contribution < 1.29 is 13.2 Å². The van der Waals surface area contributed by atoms with Crippen LogP contribution in [-0.4, -0.2) is 69.7 Å². The van der Waals surface area contributed by atoms with Crippen molar-refractivity contribution in [2.45, 2.75) is 24.8 Å². The third-order valence-electron chi connectivity index (χ3n) is 5.72. The lowest BCUT2D eigenvalue weighted by Crippen LogP contribution is -2.48. The average molecular weight is 421 g/mol. The lowest BCUT2D eigenvalue weighted by Gasteiger charge is -2.38. The van der Waals surface area contributed by atoms with Gasteiger partial charge in [0.25, 0.3) is 0 Å². The second-order valence-corrected chi connectivity index (χ2v) is 9.61. The second-order valence-electron chi connectivity index (χ2n) is 7.84. The summed E-state index contributed by atoms with van der Waals surface area (Å²) >= 11 is 0. The molecular weight excluding hydrogens is 388 g/mol. The van der Waals surface area contributed by atoms with Crippen molar-refractivity contribution in [1.29, 1.82) is 0 Å². The van der Waals surface area contributed by atoms with E-state index in [0.717, 1.165) is 48.7 Å². The van der Waals surface area contributed by atoms with Crippen molar-refractivity contribution in [1.82, 2.24) is 19.1 Å². The fraction of sp³-hybridized carbons (Fsp3) is 0.524. The number of nitrogens with one attached hydrogen (secondary N) is 1. The van der Waals surface area contributed by atoms with Crippen molar-refractivity contribution in [3.8, 4) is 5.75 Å². The number of piperazine rings is 1. The number of sulfonamides is 1. The topological polar surface area (TPSA) is 66.8 Å².